The van der Waals surface area contributed by atoms with Crippen molar-refractivity contribution in [2.45, 2.75) is 31.8 Å². The Balaban J connectivity index is 1.44. The lowest BCUT2D eigenvalue weighted by atomic mass is 9.98. The summed E-state index contributed by atoms with van der Waals surface area (Å²) in [5.74, 6) is 0.0927. The van der Waals surface area contributed by atoms with Gasteiger partial charge in [-0.2, -0.15) is 0 Å². The zero-order chi connectivity index (χ0) is 14.5. The summed E-state index contributed by atoms with van der Waals surface area (Å²) < 4.78 is 2.02. The molecule has 0 saturated carbocycles. The van der Waals surface area contributed by atoms with E-state index in [-0.39, 0.29) is 11.9 Å². The third kappa shape index (κ3) is 3.42. The number of rotatable bonds is 5. The number of amides is 1. The number of aromatic nitrogens is 2. The highest BCUT2D eigenvalue weighted by Gasteiger charge is 2.22. The van der Waals surface area contributed by atoms with Crippen LogP contribution < -0.4 is 10.6 Å². The van der Waals surface area contributed by atoms with Crippen molar-refractivity contribution in [2.75, 3.05) is 11.9 Å². The molecule has 0 spiro atoms. The van der Waals surface area contributed by atoms with Crippen molar-refractivity contribution in [1.29, 1.82) is 0 Å². The van der Waals surface area contributed by atoms with E-state index in [2.05, 4.69) is 21.7 Å². The SMILES string of the molecule is O=C(NCCCn1ccnc1)C1CCc2ccccc2N1. The van der Waals surface area contributed by atoms with E-state index in [1.807, 2.05) is 29.0 Å². The number of para-hydroxylation sites is 1. The highest BCUT2D eigenvalue weighted by molar-refractivity contribution is 5.85. The Morgan fingerprint density at radius 3 is 3.19 bits per heavy atom. The predicted octanol–water partition coefficient (Wildman–Crippen LogP) is 1.82. The van der Waals surface area contributed by atoms with Crippen molar-refractivity contribution in [3.8, 4) is 0 Å². The molecule has 0 bridgehead atoms. The number of anilines is 1. The Labute approximate surface area is 124 Å². The quantitative estimate of drug-likeness (QED) is 0.823. The second-order valence-electron chi connectivity index (χ2n) is 5.34. The number of imidazole rings is 1. The molecule has 1 aromatic carbocycles. The average Bonchev–Trinajstić information content (AvgIpc) is 3.04. The van der Waals surface area contributed by atoms with Crippen LogP contribution in [-0.2, 0) is 17.8 Å². The Bertz CT molecular complexity index is 594. The lowest BCUT2D eigenvalue weighted by Crippen LogP contribution is -2.42. The van der Waals surface area contributed by atoms with E-state index in [4.69, 9.17) is 0 Å². The maximum absolute atomic E-state index is 12.2. The van der Waals surface area contributed by atoms with Gasteiger partial charge in [0.1, 0.15) is 6.04 Å². The number of fused-ring (bicyclic) bond motifs is 1. The molecular weight excluding hydrogens is 264 g/mol. The van der Waals surface area contributed by atoms with Gasteiger partial charge in [-0.1, -0.05) is 18.2 Å². The first kappa shape index (κ1) is 13.7. The second-order valence-corrected chi connectivity index (χ2v) is 5.34. The third-order valence-electron chi connectivity index (χ3n) is 3.82. The fourth-order valence-corrected chi connectivity index (χ4v) is 2.65. The summed E-state index contributed by atoms with van der Waals surface area (Å²) in [7, 11) is 0. The molecule has 0 fully saturated rings. The van der Waals surface area contributed by atoms with E-state index < -0.39 is 0 Å². The molecule has 3 rings (SSSR count). The maximum Gasteiger partial charge on any atom is 0.242 e. The average molecular weight is 284 g/mol. The van der Waals surface area contributed by atoms with Crippen LogP contribution in [0.25, 0.3) is 0 Å². The van der Waals surface area contributed by atoms with E-state index in [1.165, 1.54) is 5.56 Å². The van der Waals surface area contributed by atoms with E-state index in [1.54, 1.807) is 12.5 Å². The van der Waals surface area contributed by atoms with Gasteiger partial charge < -0.3 is 15.2 Å². The van der Waals surface area contributed by atoms with Gasteiger partial charge >= 0.3 is 0 Å². The van der Waals surface area contributed by atoms with Crippen LogP contribution in [0.2, 0.25) is 0 Å². The summed E-state index contributed by atoms with van der Waals surface area (Å²) in [6.07, 6.45) is 8.21. The van der Waals surface area contributed by atoms with Gasteiger partial charge in [0.15, 0.2) is 0 Å². The van der Waals surface area contributed by atoms with Crippen molar-refractivity contribution in [2.24, 2.45) is 0 Å². The molecule has 1 amide bonds. The summed E-state index contributed by atoms with van der Waals surface area (Å²) in [5, 5.41) is 6.33. The minimum atomic E-state index is -0.117. The largest absolute Gasteiger partial charge is 0.373 e. The van der Waals surface area contributed by atoms with Gasteiger partial charge in [-0.05, 0) is 30.9 Å². The fraction of sp³-hybridized carbons (Fsp3) is 0.375. The molecule has 5 nitrogen and oxygen atoms in total. The molecule has 2 aromatic rings. The molecule has 2 heterocycles. The van der Waals surface area contributed by atoms with Crippen molar-refractivity contribution >= 4 is 11.6 Å². The molecule has 1 aliphatic heterocycles. The maximum atomic E-state index is 12.2. The Morgan fingerprint density at radius 1 is 1.43 bits per heavy atom. The third-order valence-corrected chi connectivity index (χ3v) is 3.82. The Morgan fingerprint density at radius 2 is 2.33 bits per heavy atom. The van der Waals surface area contributed by atoms with Gasteiger partial charge in [0.05, 0.1) is 6.33 Å². The van der Waals surface area contributed by atoms with Crippen LogP contribution in [0.3, 0.4) is 0 Å². The van der Waals surface area contributed by atoms with E-state index in [0.717, 1.165) is 31.5 Å². The Kier molecular flexibility index (Phi) is 4.19. The fourth-order valence-electron chi connectivity index (χ4n) is 2.65. The van der Waals surface area contributed by atoms with E-state index in [9.17, 15) is 4.79 Å². The molecule has 0 radical (unpaired) electrons. The summed E-state index contributed by atoms with van der Waals surface area (Å²) in [5.41, 5.74) is 2.38. The van der Waals surface area contributed by atoms with Gasteiger partial charge in [-0.15, -0.1) is 0 Å². The van der Waals surface area contributed by atoms with Gasteiger partial charge in [0.25, 0.3) is 0 Å². The van der Waals surface area contributed by atoms with Gasteiger partial charge in [0.2, 0.25) is 5.91 Å². The summed E-state index contributed by atoms with van der Waals surface area (Å²) in [6, 6.07) is 8.07. The first-order chi connectivity index (χ1) is 10.3. The minimum absolute atomic E-state index is 0.0927. The number of hydrogen-bond acceptors (Lipinski definition) is 3. The zero-order valence-electron chi connectivity index (χ0n) is 12.0. The van der Waals surface area contributed by atoms with Gasteiger partial charge in [-0.3, -0.25) is 4.79 Å². The molecule has 0 aliphatic carbocycles. The predicted molar refractivity (Wildman–Crippen MR) is 82.0 cm³/mol. The van der Waals surface area contributed by atoms with Crippen LogP contribution in [0.4, 0.5) is 5.69 Å². The van der Waals surface area contributed by atoms with Crippen LogP contribution in [0.15, 0.2) is 43.0 Å². The highest BCUT2D eigenvalue weighted by Crippen LogP contribution is 2.24. The second kappa shape index (κ2) is 6.43. The number of carbonyl (C=O) groups excluding carboxylic acids is 1. The molecule has 1 atom stereocenters. The lowest BCUT2D eigenvalue weighted by Gasteiger charge is -2.26. The standard InChI is InChI=1S/C16H20N4O/c21-16(18-8-3-10-20-11-9-17-12-20)15-7-6-13-4-1-2-5-14(13)19-15/h1-2,4-5,9,11-12,15,19H,3,6-8,10H2,(H,18,21). The highest BCUT2D eigenvalue weighted by atomic mass is 16.2. The zero-order valence-corrected chi connectivity index (χ0v) is 12.0. The van der Waals surface area contributed by atoms with Crippen molar-refractivity contribution < 1.29 is 4.79 Å². The molecule has 1 aromatic heterocycles. The molecule has 21 heavy (non-hydrogen) atoms. The lowest BCUT2D eigenvalue weighted by molar-refractivity contribution is -0.122. The van der Waals surface area contributed by atoms with Crippen molar-refractivity contribution in [3.05, 3.63) is 48.5 Å². The number of hydrogen-bond donors (Lipinski definition) is 2. The number of benzene rings is 1. The number of carbonyl (C=O) groups is 1. The smallest absolute Gasteiger partial charge is 0.242 e. The first-order valence-electron chi connectivity index (χ1n) is 7.41. The van der Waals surface area contributed by atoms with Gasteiger partial charge in [-0.25, -0.2) is 4.98 Å². The van der Waals surface area contributed by atoms with Crippen LogP contribution in [0.5, 0.6) is 0 Å². The summed E-state index contributed by atoms with van der Waals surface area (Å²) >= 11 is 0. The number of aryl methyl sites for hydroxylation is 2. The van der Waals surface area contributed by atoms with Crippen molar-refractivity contribution in [3.63, 3.8) is 0 Å². The van der Waals surface area contributed by atoms with Crippen LogP contribution in [0.1, 0.15) is 18.4 Å². The first-order valence-corrected chi connectivity index (χ1v) is 7.41. The summed E-state index contributed by atoms with van der Waals surface area (Å²) in [4.78, 5) is 16.2. The molecule has 5 heteroatoms. The normalized spacial score (nSPS) is 16.9. The minimum Gasteiger partial charge on any atom is -0.373 e. The molecular formula is C16H20N4O. The number of nitrogens with zero attached hydrogens (tertiary/aromatic N) is 2. The van der Waals surface area contributed by atoms with Crippen molar-refractivity contribution in [1.82, 2.24) is 14.9 Å². The van der Waals surface area contributed by atoms with Crippen LogP contribution >= 0.6 is 0 Å². The molecule has 110 valence electrons. The molecule has 2 N–H and O–H groups in total. The van der Waals surface area contributed by atoms with E-state index >= 15 is 0 Å². The molecule has 1 aliphatic rings. The van der Waals surface area contributed by atoms with Crippen LogP contribution in [-0.4, -0.2) is 28.0 Å². The van der Waals surface area contributed by atoms with Crippen LogP contribution in [0, 0.1) is 0 Å². The topological polar surface area (TPSA) is 59.0 Å². The Hall–Kier alpha value is -2.30. The van der Waals surface area contributed by atoms with Gasteiger partial charge in [0, 0.05) is 31.2 Å². The molecule has 1 unspecified atom stereocenters. The molecule has 0 saturated heterocycles. The summed E-state index contributed by atoms with van der Waals surface area (Å²) in [6.45, 7) is 1.57. The van der Waals surface area contributed by atoms with E-state index in [0.29, 0.717) is 6.54 Å². The number of nitrogens with one attached hydrogen (secondary N) is 2. The monoisotopic (exact) mass is 284 g/mol.